The van der Waals surface area contributed by atoms with E-state index < -0.39 is 0 Å². The number of carbonyl (C=O) groups excluding carboxylic acids is 2. The van der Waals surface area contributed by atoms with Crippen molar-refractivity contribution in [3.63, 3.8) is 0 Å². The molecule has 1 aliphatic rings. The van der Waals surface area contributed by atoms with E-state index in [4.69, 9.17) is 11.6 Å². The number of benzene rings is 1. The molecule has 1 aromatic heterocycles. The summed E-state index contributed by atoms with van der Waals surface area (Å²) in [6, 6.07) is 12.5. The number of nitrogens with zero attached hydrogens (tertiary/aromatic N) is 2. The van der Waals surface area contributed by atoms with Gasteiger partial charge in [-0.05, 0) is 37.3 Å². The lowest BCUT2D eigenvalue weighted by Crippen LogP contribution is -2.34. The molecular weight excluding hydrogens is 326 g/mol. The summed E-state index contributed by atoms with van der Waals surface area (Å²) in [6.07, 6.45) is 1.89. The van der Waals surface area contributed by atoms with Crippen molar-refractivity contribution in [2.45, 2.75) is 19.4 Å². The molecule has 124 valence electrons. The van der Waals surface area contributed by atoms with Crippen molar-refractivity contribution < 1.29 is 9.59 Å². The van der Waals surface area contributed by atoms with Crippen molar-refractivity contribution >= 4 is 29.1 Å². The van der Waals surface area contributed by atoms with Crippen LogP contribution >= 0.6 is 11.6 Å². The molecule has 2 atom stereocenters. The predicted octanol–water partition coefficient (Wildman–Crippen LogP) is 2.97. The minimum atomic E-state index is -0.373. The van der Waals surface area contributed by atoms with Gasteiger partial charge in [0, 0.05) is 29.9 Å². The summed E-state index contributed by atoms with van der Waals surface area (Å²) in [6.45, 7) is 2.24. The number of aromatic nitrogens is 1. The minimum Gasteiger partial charge on any atom is -0.348 e. The van der Waals surface area contributed by atoms with E-state index in [0.29, 0.717) is 11.6 Å². The van der Waals surface area contributed by atoms with Crippen molar-refractivity contribution in [1.82, 2.24) is 10.3 Å². The number of nitrogens with one attached hydrogen (secondary N) is 1. The van der Waals surface area contributed by atoms with E-state index in [1.807, 2.05) is 31.2 Å². The van der Waals surface area contributed by atoms with Crippen LogP contribution in [0.25, 0.3) is 0 Å². The van der Waals surface area contributed by atoms with Crippen LogP contribution in [0.2, 0.25) is 5.02 Å². The molecule has 1 fully saturated rings. The Kier molecular flexibility index (Phi) is 4.81. The smallest absolute Gasteiger partial charge is 0.227 e. The SMILES string of the molecule is CC(NC(=O)C1CC(=O)N(c2cccc(Cl)c2)C1)c1ccccn1. The lowest BCUT2D eigenvalue weighted by molar-refractivity contribution is -0.126. The van der Waals surface area contributed by atoms with Gasteiger partial charge in [-0.1, -0.05) is 23.7 Å². The van der Waals surface area contributed by atoms with Gasteiger partial charge in [-0.25, -0.2) is 0 Å². The third-order valence-corrected chi connectivity index (χ3v) is 4.34. The standard InChI is InChI=1S/C18H18ClN3O2/c1-12(16-7-2-3-8-20-16)21-18(24)13-9-17(23)22(11-13)15-6-4-5-14(19)10-15/h2-8,10,12-13H,9,11H2,1H3,(H,21,24). The molecule has 1 N–H and O–H groups in total. The third-order valence-electron chi connectivity index (χ3n) is 4.11. The normalized spacial score (nSPS) is 18.5. The van der Waals surface area contributed by atoms with E-state index in [0.717, 1.165) is 11.4 Å². The fourth-order valence-corrected chi connectivity index (χ4v) is 3.00. The monoisotopic (exact) mass is 343 g/mol. The van der Waals surface area contributed by atoms with Crippen molar-refractivity contribution in [3.8, 4) is 0 Å². The summed E-state index contributed by atoms with van der Waals surface area (Å²) >= 11 is 5.98. The second-order valence-electron chi connectivity index (χ2n) is 5.87. The molecule has 2 unspecified atom stereocenters. The zero-order valence-electron chi connectivity index (χ0n) is 13.3. The zero-order valence-corrected chi connectivity index (χ0v) is 14.0. The minimum absolute atomic E-state index is 0.0668. The molecule has 0 bridgehead atoms. The predicted molar refractivity (Wildman–Crippen MR) is 92.7 cm³/mol. The molecule has 6 heteroatoms. The quantitative estimate of drug-likeness (QED) is 0.928. The molecule has 24 heavy (non-hydrogen) atoms. The lowest BCUT2D eigenvalue weighted by atomic mass is 10.1. The maximum Gasteiger partial charge on any atom is 0.227 e. The van der Waals surface area contributed by atoms with E-state index in [2.05, 4.69) is 10.3 Å². The Morgan fingerprint density at radius 1 is 1.33 bits per heavy atom. The highest BCUT2D eigenvalue weighted by molar-refractivity contribution is 6.30. The Morgan fingerprint density at radius 2 is 2.17 bits per heavy atom. The fourth-order valence-electron chi connectivity index (χ4n) is 2.81. The number of pyridine rings is 1. The molecule has 2 aromatic rings. The molecule has 0 radical (unpaired) electrons. The molecule has 2 amide bonds. The van der Waals surface area contributed by atoms with Crippen LogP contribution in [0.3, 0.4) is 0 Å². The molecule has 0 saturated carbocycles. The first kappa shape index (κ1) is 16.5. The topological polar surface area (TPSA) is 62.3 Å². The summed E-state index contributed by atoms with van der Waals surface area (Å²) in [7, 11) is 0. The average Bonchev–Trinajstić information content (AvgIpc) is 2.97. The Hall–Kier alpha value is -2.40. The maximum atomic E-state index is 12.5. The fraction of sp³-hybridized carbons (Fsp3) is 0.278. The highest BCUT2D eigenvalue weighted by Gasteiger charge is 2.35. The van der Waals surface area contributed by atoms with E-state index >= 15 is 0 Å². The molecule has 2 heterocycles. The summed E-state index contributed by atoms with van der Waals surface area (Å²) in [5.74, 6) is -0.573. The van der Waals surface area contributed by atoms with Gasteiger partial charge in [0.2, 0.25) is 11.8 Å². The molecule has 0 aliphatic carbocycles. The molecule has 3 rings (SSSR count). The van der Waals surface area contributed by atoms with Crippen molar-refractivity contribution in [2.24, 2.45) is 5.92 Å². The first-order valence-corrected chi connectivity index (χ1v) is 8.19. The second-order valence-corrected chi connectivity index (χ2v) is 6.31. The molecule has 1 saturated heterocycles. The summed E-state index contributed by atoms with van der Waals surface area (Å²) in [4.78, 5) is 30.6. The Labute approximate surface area is 145 Å². The van der Waals surface area contributed by atoms with Gasteiger partial charge in [-0.3, -0.25) is 14.6 Å². The zero-order chi connectivity index (χ0) is 17.1. The van der Waals surface area contributed by atoms with E-state index in [-0.39, 0.29) is 30.2 Å². The molecule has 1 aliphatic heterocycles. The van der Waals surface area contributed by atoms with Crippen LogP contribution in [0.1, 0.15) is 25.1 Å². The van der Waals surface area contributed by atoms with E-state index in [1.54, 1.807) is 29.3 Å². The van der Waals surface area contributed by atoms with Crippen molar-refractivity contribution in [2.75, 3.05) is 11.4 Å². The second kappa shape index (κ2) is 7.01. The van der Waals surface area contributed by atoms with Gasteiger partial charge in [0.25, 0.3) is 0 Å². The highest BCUT2D eigenvalue weighted by Crippen LogP contribution is 2.27. The van der Waals surface area contributed by atoms with Gasteiger partial charge in [0.05, 0.1) is 17.7 Å². The Balaban J connectivity index is 1.66. The van der Waals surface area contributed by atoms with Crippen molar-refractivity contribution in [1.29, 1.82) is 0 Å². The first-order valence-electron chi connectivity index (χ1n) is 7.82. The average molecular weight is 344 g/mol. The molecular formula is C18H18ClN3O2. The van der Waals surface area contributed by atoms with Crippen LogP contribution in [0, 0.1) is 5.92 Å². The number of anilines is 1. The maximum absolute atomic E-state index is 12.5. The number of halogens is 1. The summed E-state index contributed by atoms with van der Waals surface area (Å²) < 4.78 is 0. The van der Waals surface area contributed by atoms with Gasteiger partial charge in [0.15, 0.2) is 0 Å². The van der Waals surface area contributed by atoms with Gasteiger partial charge in [-0.2, -0.15) is 0 Å². The number of carbonyl (C=O) groups is 2. The number of rotatable bonds is 4. The van der Waals surface area contributed by atoms with Crippen LogP contribution in [-0.2, 0) is 9.59 Å². The van der Waals surface area contributed by atoms with Gasteiger partial charge in [-0.15, -0.1) is 0 Å². The number of amides is 2. The lowest BCUT2D eigenvalue weighted by Gasteiger charge is -2.18. The highest BCUT2D eigenvalue weighted by atomic mass is 35.5. The van der Waals surface area contributed by atoms with Gasteiger partial charge >= 0.3 is 0 Å². The Bertz CT molecular complexity index is 751. The van der Waals surface area contributed by atoms with Crippen LogP contribution in [0.15, 0.2) is 48.7 Å². The van der Waals surface area contributed by atoms with Crippen molar-refractivity contribution in [3.05, 3.63) is 59.4 Å². The molecule has 5 nitrogen and oxygen atoms in total. The third kappa shape index (κ3) is 3.57. The molecule has 0 spiro atoms. The largest absolute Gasteiger partial charge is 0.348 e. The van der Waals surface area contributed by atoms with Gasteiger partial charge < -0.3 is 10.2 Å². The van der Waals surface area contributed by atoms with Gasteiger partial charge in [0.1, 0.15) is 0 Å². The number of hydrogen-bond donors (Lipinski definition) is 1. The first-order chi connectivity index (χ1) is 11.5. The Morgan fingerprint density at radius 3 is 2.88 bits per heavy atom. The van der Waals surface area contributed by atoms with Crippen LogP contribution in [0.4, 0.5) is 5.69 Å². The van der Waals surface area contributed by atoms with E-state index in [1.165, 1.54) is 0 Å². The summed E-state index contributed by atoms with van der Waals surface area (Å²) in [5, 5.41) is 3.50. The summed E-state index contributed by atoms with van der Waals surface area (Å²) in [5.41, 5.74) is 1.52. The van der Waals surface area contributed by atoms with E-state index in [9.17, 15) is 9.59 Å². The van der Waals surface area contributed by atoms with Crippen LogP contribution < -0.4 is 10.2 Å². The number of hydrogen-bond acceptors (Lipinski definition) is 3. The molecule has 1 aromatic carbocycles. The van der Waals surface area contributed by atoms with Crippen LogP contribution in [0.5, 0.6) is 0 Å². The van der Waals surface area contributed by atoms with Crippen LogP contribution in [-0.4, -0.2) is 23.3 Å².